The van der Waals surface area contributed by atoms with Crippen molar-refractivity contribution in [3.05, 3.63) is 60.0 Å². The Morgan fingerprint density at radius 2 is 1.90 bits per heavy atom. The number of anilines is 1. The molecule has 3 rings (SSSR count). The lowest BCUT2D eigenvalue weighted by Gasteiger charge is -2.19. The number of nitrogens with one attached hydrogen (secondary N) is 3. The molecule has 3 N–H and O–H groups in total. The average molecular weight is 395 g/mol. The van der Waals surface area contributed by atoms with E-state index in [0.717, 1.165) is 5.56 Å². The maximum Gasteiger partial charge on any atom is 0.321 e. The van der Waals surface area contributed by atoms with Crippen LogP contribution in [-0.4, -0.2) is 40.1 Å². The maximum absolute atomic E-state index is 12.5. The van der Waals surface area contributed by atoms with Crippen molar-refractivity contribution in [3.8, 4) is 11.5 Å². The number of urea groups is 1. The fourth-order valence-electron chi connectivity index (χ4n) is 2.92. The Labute approximate surface area is 169 Å². The van der Waals surface area contributed by atoms with Crippen LogP contribution in [0, 0.1) is 0 Å². The predicted octanol–water partition coefficient (Wildman–Crippen LogP) is 4.03. The highest BCUT2D eigenvalue weighted by molar-refractivity contribution is 5.93. The number of amides is 3. The van der Waals surface area contributed by atoms with Gasteiger partial charge in [-0.2, -0.15) is 5.10 Å². The molecule has 2 heterocycles. The number of benzene rings is 1. The number of rotatable bonds is 7. The largest absolute Gasteiger partial charge is 0.463 e. The van der Waals surface area contributed by atoms with Crippen LogP contribution in [0.2, 0.25) is 0 Å². The molecule has 8 nitrogen and oxygen atoms in total. The van der Waals surface area contributed by atoms with Crippen LogP contribution in [0.3, 0.4) is 0 Å². The lowest BCUT2D eigenvalue weighted by molar-refractivity contribution is 0.0935. The van der Waals surface area contributed by atoms with E-state index in [9.17, 15) is 9.59 Å². The van der Waals surface area contributed by atoms with Crippen LogP contribution in [0.1, 0.15) is 42.9 Å². The van der Waals surface area contributed by atoms with Crippen molar-refractivity contribution in [2.45, 2.75) is 26.8 Å². The Morgan fingerprint density at radius 1 is 1.17 bits per heavy atom. The van der Waals surface area contributed by atoms with Crippen molar-refractivity contribution in [2.75, 3.05) is 18.4 Å². The lowest BCUT2D eigenvalue weighted by Crippen LogP contribution is -2.34. The third-order valence-electron chi connectivity index (χ3n) is 4.66. The fourth-order valence-corrected chi connectivity index (χ4v) is 2.92. The van der Waals surface area contributed by atoms with E-state index in [1.165, 1.54) is 0 Å². The SMILES string of the molecule is CCN(CC)C(=O)Nc1ccc(C(C)NC(=O)c2cc(-c3ccco3)[nH]n2)cc1. The van der Waals surface area contributed by atoms with Gasteiger partial charge >= 0.3 is 6.03 Å². The summed E-state index contributed by atoms with van der Waals surface area (Å²) in [5, 5.41) is 12.6. The van der Waals surface area contributed by atoms with Gasteiger partial charge in [-0.05, 0) is 50.6 Å². The molecule has 0 aliphatic carbocycles. The molecule has 2 aromatic heterocycles. The van der Waals surface area contributed by atoms with Crippen LogP contribution in [-0.2, 0) is 0 Å². The minimum Gasteiger partial charge on any atom is -0.463 e. The second-order valence-corrected chi connectivity index (χ2v) is 6.56. The summed E-state index contributed by atoms with van der Waals surface area (Å²) in [5.41, 5.74) is 2.55. The van der Waals surface area contributed by atoms with E-state index in [2.05, 4.69) is 20.8 Å². The summed E-state index contributed by atoms with van der Waals surface area (Å²) >= 11 is 0. The molecular formula is C21H25N5O3. The predicted molar refractivity (Wildman–Crippen MR) is 111 cm³/mol. The van der Waals surface area contributed by atoms with Gasteiger partial charge in [0.05, 0.1) is 12.3 Å². The Kier molecular flexibility index (Phi) is 6.33. The molecule has 1 atom stereocenters. The molecule has 0 fully saturated rings. The zero-order chi connectivity index (χ0) is 20.8. The summed E-state index contributed by atoms with van der Waals surface area (Å²) in [4.78, 5) is 26.3. The van der Waals surface area contributed by atoms with Crippen LogP contribution in [0.15, 0.2) is 53.1 Å². The first-order valence-corrected chi connectivity index (χ1v) is 9.57. The number of hydrogen-bond acceptors (Lipinski definition) is 4. The lowest BCUT2D eigenvalue weighted by atomic mass is 10.1. The summed E-state index contributed by atoms with van der Waals surface area (Å²) in [6, 6.07) is 12.3. The molecule has 0 aliphatic rings. The molecular weight excluding hydrogens is 370 g/mol. The monoisotopic (exact) mass is 395 g/mol. The molecule has 1 unspecified atom stereocenters. The molecule has 8 heteroatoms. The number of furan rings is 1. The summed E-state index contributed by atoms with van der Waals surface area (Å²) in [6.07, 6.45) is 1.56. The van der Waals surface area contributed by atoms with Crippen molar-refractivity contribution in [1.29, 1.82) is 0 Å². The standard InChI is InChI=1S/C21H25N5O3/c1-4-26(5-2)21(28)23-16-10-8-15(9-11-16)14(3)22-20(27)18-13-17(24-25-18)19-7-6-12-29-19/h6-14H,4-5H2,1-3H3,(H,22,27)(H,23,28)(H,24,25). The number of nitrogens with zero attached hydrogens (tertiary/aromatic N) is 2. The fraction of sp³-hybridized carbons (Fsp3) is 0.286. The first kappa shape index (κ1) is 20.2. The molecule has 0 radical (unpaired) electrons. The quantitative estimate of drug-likeness (QED) is 0.562. The van der Waals surface area contributed by atoms with E-state index < -0.39 is 0 Å². The molecule has 152 valence electrons. The molecule has 0 aliphatic heterocycles. The van der Waals surface area contributed by atoms with E-state index in [0.29, 0.717) is 30.2 Å². The van der Waals surface area contributed by atoms with Crippen molar-refractivity contribution in [1.82, 2.24) is 20.4 Å². The second kappa shape index (κ2) is 9.09. The first-order valence-electron chi connectivity index (χ1n) is 9.57. The minimum absolute atomic E-state index is 0.130. The molecule has 3 aromatic rings. The number of hydrogen-bond donors (Lipinski definition) is 3. The Hall–Kier alpha value is -3.55. The highest BCUT2D eigenvalue weighted by Gasteiger charge is 2.16. The van der Waals surface area contributed by atoms with Crippen LogP contribution in [0.25, 0.3) is 11.5 Å². The third kappa shape index (κ3) is 4.84. The van der Waals surface area contributed by atoms with E-state index >= 15 is 0 Å². The topological polar surface area (TPSA) is 103 Å². The summed E-state index contributed by atoms with van der Waals surface area (Å²) < 4.78 is 5.29. The summed E-state index contributed by atoms with van der Waals surface area (Å²) in [7, 11) is 0. The van der Waals surface area contributed by atoms with Gasteiger partial charge < -0.3 is 20.0 Å². The van der Waals surface area contributed by atoms with E-state index in [1.54, 1.807) is 29.4 Å². The van der Waals surface area contributed by atoms with Gasteiger partial charge in [-0.25, -0.2) is 4.79 Å². The molecule has 0 bridgehead atoms. The summed E-state index contributed by atoms with van der Waals surface area (Å²) in [5.74, 6) is 0.331. The average Bonchev–Trinajstić information content (AvgIpc) is 3.41. The van der Waals surface area contributed by atoms with Gasteiger partial charge in [0.25, 0.3) is 5.91 Å². The van der Waals surface area contributed by atoms with E-state index in [4.69, 9.17) is 4.42 Å². The van der Waals surface area contributed by atoms with Crippen molar-refractivity contribution >= 4 is 17.6 Å². The number of carbonyl (C=O) groups excluding carboxylic acids is 2. The van der Waals surface area contributed by atoms with Crippen molar-refractivity contribution < 1.29 is 14.0 Å². The van der Waals surface area contributed by atoms with Crippen LogP contribution in [0.5, 0.6) is 0 Å². The number of aromatic amines is 1. The van der Waals surface area contributed by atoms with Gasteiger partial charge in [0, 0.05) is 24.8 Å². The van der Waals surface area contributed by atoms with E-state index in [1.807, 2.05) is 45.0 Å². The smallest absolute Gasteiger partial charge is 0.321 e. The van der Waals surface area contributed by atoms with Gasteiger partial charge in [-0.1, -0.05) is 12.1 Å². The zero-order valence-corrected chi connectivity index (χ0v) is 16.7. The third-order valence-corrected chi connectivity index (χ3v) is 4.66. The Bertz CT molecular complexity index is 943. The first-order chi connectivity index (χ1) is 14.0. The van der Waals surface area contributed by atoms with Gasteiger partial charge in [-0.3, -0.25) is 9.89 Å². The van der Waals surface area contributed by atoms with Gasteiger partial charge in [0.1, 0.15) is 5.69 Å². The number of carbonyl (C=O) groups is 2. The maximum atomic E-state index is 12.5. The number of H-pyrrole nitrogens is 1. The highest BCUT2D eigenvalue weighted by atomic mass is 16.3. The van der Waals surface area contributed by atoms with Gasteiger partial charge in [-0.15, -0.1) is 0 Å². The number of aromatic nitrogens is 2. The molecule has 0 saturated heterocycles. The van der Waals surface area contributed by atoms with Crippen molar-refractivity contribution in [2.24, 2.45) is 0 Å². The molecule has 0 spiro atoms. The molecule has 0 saturated carbocycles. The minimum atomic E-state index is -0.287. The highest BCUT2D eigenvalue weighted by Crippen LogP contribution is 2.19. The Balaban J connectivity index is 1.60. The zero-order valence-electron chi connectivity index (χ0n) is 16.7. The second-order valence-electron chi connectivity index (χ2n) is 6.56. The van der Waals surface area contributed by atoms with E-state index in [-0.39, 0.29) is 23.7 Å². The van der Waals surface area contributed by atoms with Gasteiger partial charge in [0.2, 0.25) is 0 Å². The van der Waals surface area contributed by atoms with Crippen LogP contribution in [0.4, 0.5) is 10.5 Å². The summed E-state index contributed by atoms with van der Waals surface area (Å²) in [6.45, 7) is 7.07. The Morgan fingerprint density at radius 3 is 2.52 bits per heavy atom. The molecule has 1 aromatic carbocycles. The van der Waals surface area contributed by atoms with Crippen LogP contribution < -0.4 is 10.6 Å². The normalized spacial score (nSPS) is 11.7. The molecule has 3 amide bonds. The van der Waals surface area contributed by atoms with Crippen LogP contribution >= 0.6 is 0 Å². The van der Waals surface area contributed by atoms with Crippen molar-refractivity contribution in [3.63, 3.8) is 0 Å². The van der Waals surface area contributed by atoms with Gasteiger partial charge in [0.15, 0.2) is 11.5 Å². The molecule has 29 heavy (non-hydrogen) atoms.